The molecule has 0 aliphatic rings. The Balaban J connectivity index is 4.15. The molecule has 0 aliphatic carbocycles. The molecule has 0 amide bonds. The molecule has 0 heterocycles. The fourth-order valence-corrected chi connectivity index (χ4v) is 8.80. The maximum Gasteiger partial charge on any atom is 0.330 e. The van der Waals surface area contributed by atoms with Crippen LogP contribution in [0.25, 0.3) is 0 Å². The van der Waals surface area contributed by atoms with Crippen molar-refractivity contribution in [1.82, 2.24) is 16.0 Å². The molecular weight excluding hydrogens is 724 g/mol. The van der Waals surface area contributed by atoms with E-state index < -0.39 is 7.60 Å². The van der Waals surface area contributed by atoms with Gasteiger partial charge in [0.05, 0.1) is 19.4 Å². The molecule has 57 heavy (non-hydrogen) atoms. The molecule has 0 radical (unpaired) electrons. The molecule has 8 heteroatoms. The summed E-state index contributed by atoms with van der Waals surface area (Å²) in [4.78, 5) is 0. The molecule has 0 aliphatic heterocycles. The third-order valence-corrected chi connectivity index (χ3v) is 12.9. The van der Waals surface area contributed by atoms with E-state index in [0.29, 0.717) is 19.4 Å². The molecular formula is C49H101N4O3P. The highest BCUT2D eigenvalue weighted by Crippen LogP contribution is 2.49. The summed E-state index contributed by atoms with van der Waals surface area (Å²) in [6.45, 7) is 12.5. The van der Waals surface area contributed by atoms with Gasteiger partial charge in [-0.25, -0.2) is 0 Å². The molecule has 0 aromatic carbocycles. The summed E-state index contributed by atoms with van der Waals surface area (Å²) < 4.78 is 25.9. The van der Waals surface area contributed by atoms with E-state index in [0.717, 1.165) is 90.8 Å². The Morgan fingerprint density at radius 3 is 1.09 bits per heavy atom. The summed E-state index contributed by atoms with van der Waals surface area (Å²) in [5.74, 6) is 0. The minimum absolute atomic E-state index is 0.510. The first-order valence-electron chi connectivity index (χ1n) is 25.2. The minimum Gasteiger partial charge on any atom is -0.330 e. The molecule has 0 saturated carbocycles. The van der Waals surface area contributed by atoms with Gasteiger partial charge < -0.3 is 30.7 Å². The minimum atomic E-state index is -3.06. The van der Waals surface area contributed by atoms with Crippen molar-refractivity contribution in [1.29, 1.82) is 0 Å². The summed E-state index contributed by atoms with van der Waals surface area (Å²) in [6, 6.07) is 0. The lowest BCUT2D eigenvalue weighted by molar-refractivity contribution is 0.197. The van der Waals surface area contributed by atoms with Gasteiger partial charge in [0.25, 0.3) is 0 Å². The van der Waals surface area contributed by atoms with E-state index in [4.69, 9.17) is 14.8 Å². The van der Waals surface area contributed by atoms with E-state index in [1.807, 2.05) is 0 Å². The number of allylic oxidation sites excluding steroid dienone is 4. The summed E-state index contributed by atoms with van der Waals surface area (Å²) in [7, 11) is -3.06. The zero-order chi connectivity index (χ0) is 41.3. The molecule has 5 N–H and O–H groups in total. The second kappa shape index (κ2) is 49.8. The van der Waals surface area contributed by atoms with E-state index in [-0.39, 0.29) is 0 Å². The third kappa shape index (κ3) is 48.0. The number of hydrogen-bond acceptors (Lipinski definition) is 7. The van der Waals surface area contributed by atoms with Crippen LogP contribution in [0.15, 0.2) is 24.3 Å². The van der Waals surface area contributed by atoms with Crippen LogP contribution in [0.4, 0.5) is 0 Å². The van der Waals surface area contributed by atoms with Gasteiger partial charge in [0.2, 0.25) is 0 Å². The van der Waals surface area contributed by atoms with Crippen LogP contribution in [0, 0.1) is 0 Å². The van der Waals surface area contributed by atoms with E-state index in [1.54, 1.807) is 0 Å². The molecule has 0 fully saturated rings. The lowest BCUT2D eigenvalue weighted by atomic mass is 10.1. The van der Waals surface area contributed by atoms with Crippen LogP contribution < -0.4 is 21.7 Å². The van der Waals surface area contributed by atoms with Gasteiger partial charge in [0, 0.05) is 0 Å². The summed E-state index contributed by atoms with van der Waals surface area (Å²) in [6.07, 6.45) is 51.4. The lowest BCUT2D eigenvalue weighted by Gasteiger charge is -2.19. The number of unbranched alkanes of at least 4 members (excludes halogenated alkanes) is 25. The van der Waals surface area contributed by atoms with Crippen molar-refractivity contribution >= 4 is 7.60 Å². The molecule has 0 rings (SSSR count). The van der Waals surface area contributed by atoms with Crippen LogP contribution in [0.1, 0.15) is 226 Å². The molecule has 0 saturated heterocycles. The summed E-state index contributed by atoms with van der Waals surface area (Å²) in [5, 5.41) is 10.5. The van der Waals surface area contributed by atoms with Gasteiger partial charge in [-0.1, -0.05) is 154 Å². The van der Waals surface area contributed by atoms with Crippen molar-refractivity contribution in [3.8, 4) is 0 Å². The van der Waals surface area contributed by atoms with Crippen molar-refractivity contribution in [2.45, 2.75) is 226 Å². The molecule has 7 nitrogen and oxygen atoms in total. The van der Waals surface area contributed by atoms with Crippen LogP contribution in [0.5, 0.6) is 0 Å². The highest BCUT2D eigenvalue weighted by Gasteiger charge is 2.23. The monoisotopic (exact) mass is 825 g/mol. The van der Waals surface area contributed by atoms with Gasteiger partial charge in [-0.15, -0.1) is 0 Å². The van der Waals surface area contributed by atoms with Crippen LogP contribution in [0.3, 0.4) is 0 Å². The van der Waals surface area contributed by atoms with E-state index in [9.17, 15) is 4.57 Å². The number of nitrogens with one attached hydrogen (secondary N) is 3. The van der Waals surface area contributed by atoms with Gasteiger partial charge in [-0.3, -0.25) is 4.57 Å². The average Bonchev–Trinajstić information content (AvgIpc) is 3.21. The van der Waals surface area contributed by atoms with E-state index in [2.05, 4.69) is 54.1 Å². The molecule has 0 unspecified atom stereocenters. The Morgan fingerprint density at radius 2 is 0.702 bits per heavy atom. The first kappa shape index (κ1) is 56.5. The second-order valence-corrected chi connectivity index (χ2v) is 18.9. The van der Waals surface area contributed by atoms with Crippen molar-refractivity contribution < 1.29 is 13.6 Å². The normalized spacial score (nSPS) is 12.3. The maximum atomic E-state index is 13.8. The summed E-state index contributed by atoms with van der Waals surface area (Å²) in [5.41, 5.74) is 5.54. The predicted molar refractivity (Wildman–Crippen MR) is 254 cm³/mol. The highest BCUT2D eigenvalue weighted by molar-refractivity contribution is 7.53. The molecule has 0 aromatic rings. The number of hydrogen-bond donors (Lipinski definition) is 4. The van der Waals surface area contributed by atoms with Gasteiger partial charge in [-0.2, -0.15) is 0 Å². The van der Waals surface area contributed by atoms with E-state index in [1.165, 1.54) is 167 Å². The number of nitrogens with two attached hydrogens (primary N) is 1. The third-order valence-electron chi connectivity index (χ3n) is 10.9. The standard InChI is InChI=1S/C49H101N4O3P/c1-3-5-7-9-11-13-15-17-19-21-23-25-27-29-31-35-47-55-57(54,49-39-46-53-45-38-44-52-42-34-33-41-51-43-37-40-50)56-48-36-32-30-28-26-24-22-20-18-16-14-12-10-8-6-4-2/h17-20,51-53H,3-16,21-50H2,1-2H3/b19-17-,20-18-. The topological polar surface area (TPSA) is 97.6 Å². The molecule has 340 valence electrons. The van der Waals surface area contributed by atoms with Crippen LogP contribution in [-0.4, -0.2) is 65.2 Å². The SMILES string of the molecule is CCCCCCCC/C=C\CCCCCCCCOP(=O)(CCCNCCCNCCCCNCCCN)OCCCCCCCC/C=C\CCCCCCCC. The van der Waals surface area contributed by atoms with E-state index >= 15 is 0 Å². The van der Waals surface area contributed by atoms with Crippen LogP contribution in [0.2, 0.25) is 0 Å². The quantitative estimate of drug-likeness (QED) is 0.0275. The van der Waals surface area contributed by atoms with Gasteiger partial charge in [0.1, 0.15) is 0 Å². The fraction of sp³-hybridized carbons (Fsp3) is 0.918. The van der Waals surface area contributed by atoms with Gasteiger partial charge >= 0.3 is 7.60 Å². The Kier molecular flexibility index (Phi) is 49.4. The Morgan fingerprint density at radius 1 is 0.386 bits per heavy atom. The maximum absolute atomic E-state index is 13.8. The highest BCUT2D eigenvalue weighted by atomic mass is 31.2. The summed E-state index contributed by atoms with van der Waals surface area (Å²) >= 11 is 0. The van der Waals surface area contributed by atoms with Crippen LogP contribution in [-0.2, 0) is 13.6 Å². The lowest BCUT2D eigenvalue weighted by Crippen LogP contribution is -2.24. The first-order valence-corrected chi connectivity index (χ1v) is 26.9. The molecule has 0 aromatic heterocycles. The van der Waals surface area contributed by atoms with Crippen molar-refractivity contribution in [2.24, 2.45) is 5.73 Å². The van der Waals surface area contributed by atoms with Gasteiger partial charge in [0.15, 0.2) is 0 Å². The van der Waals surface area contributed by atoms with Crippen molar-refractivity contribution in [2.75, 3.05) is 65.2 Å². The Hall–Kier alpha value is -0.530. The predicted octanol–water partition coefficient (Wildman–Crippen LogP) is 14.0. The van der Waals surface area contributed by atoms with Crippen molar-refractivity contribution in [3.63, 3.8) is 0 Å². The molecule has 0 atom stereocenters. The largest absolute Gasteiger partial charge is 0.330 e. The molecule has 0 spiro atoms. The Labute approximate surface area is 357 Å². The zero-order valence-electron chi connectivity index (χ0n) is 38.5. The average molecular weight is 825 g/mol. The smallest absolute Gasteiger partial charge is 0.330 e. The van der Waals surface area contributed by atoms with Gasteiger partial charge in [-0.05, 0) is 142 Å². The zero-order valence-corrected chi connectivity index (χ0v) is 39.4. The fourth-order valence-electron chi connectivity index (χ4n) is 7.11. The first-order chi connectivity index (χ1) is 28.2. The van der Waals surface area contributed by atoms with Crippen LogP contribution >= 0.6 is 7.60 Å². The number of rotatable bonds is 50. The molecule has 0 bridgehead atoms. The second-order valence-electron chi connectivity index (χ2n) is 16.7. The Bertz CT molecular complexity index is 810. The van der Waals surface area contributed by atoms with Crippen molar-refractivity contribution in [3.05, 3.63) is 24.3 Å².